The number of hydrogen-bond donors (Lipinski definition) is 1. The van der Waals surface area contributed by atoms with Crippen LogP contribution in [0.4, 0.5) is 5.13 Å². The lowest BCUT2D eigenvalue weighted by molar-refractivity contribution is -0.118. The van der Waals surface area contributed by atoms with E-state index in [9.17, 15) is 4.79 Å². The highest BCUT2D eigenvalue weighted by Gasteiger charge is 2.10. The molecule has 0 aliphatic heterocycles. The van der Waals surface area contributed by atoms with Crippen LogP contribution in [0.3, 0.4) is 0 Å². The number of amides is 1. The monoisotopic (exact) mass is 306 g/mol. The third kappa shape index (κ3) is 4.49. The second-order valence-electron chi connectivity index (χ2n) is 4.73. The molecule has 2 heterocycles. The molecule has 0 fully saturated rings. The molecule has 2 aromatic heterocycles. The third-order valence-electron chi connectivity index (χ3n) is 2.71. The van der Waals surface area contributed by atoms with Crippen LogP contribution in [0.1, 0.15) is 38.2 Å². The summed E-state index contributed by atoms with van der Waals surface area (Å²) in [5, 5.41) is 5.01. The molecule has 1 amide bonds. The van der Waals surface area contributed by atoms with Crippen LogP contribution in [0.2, 0.25) is 0 Å². The Hall–Kier alpha value is -2.02. The molecular formula is C14H18N4O2S. The fourth-order valence-corrected chi connectivity index (χ4v) is 2.15. The van der Waals surface area contributed by atoms with E-state index in [0.717, 1.165) is 17.9 Å². The number of carbonyl (C=O) groups is 1. The van der Waals surface area contributed by atoms with E-state index in [-0.39, 0.29) is 18.4 Å². The first-order valence-corrected chi connectivity index (χ1v) is 7.66. The lowest BCUT2D eigenvalue weighted by Gasteiger charge is -2.10. The zero-order chi connectivity index (χ0) is 15.2. The fourth-order valence-electron chi connectivity index (χ4n) is 1.60. The Morgan fingerprint density at radius 1 is 1.43 bits per heavy atom. The van der Waals surface area contributed by atoms with Crippen LogP contribution < -0.4 is 10.1 Å². The van der Waals surface area contributed by atoms with E-state index in [0.29, 0.717) is 11.0 Å². The molecule has 0 bridgehead atoms. The van der Waals surface area contributed by atoms with Gasteiger partial charge >= 0.3 is 0 Å². The van der Waals surface area contributed by atoms with Crippen molar-refractivity contribution in [3.05, 3.63) is 29.2 Å². The summed E-state index contributed by atoms with van der Waals surface area (Å²) in [4.78, 5) is 24.4. The van der Waals surface area contributed by atoms with E-state index in [4.69, 9.17) is 4.74 Å². The Balaban J connectivity index is 1.98. The van der Waals surface area contributed by atoms with E-state index < -0.39 is 0 Å². The minimum atomic E-state index is -0.257. The smallest absolute Gasteiger partial charge is 0.264 e. The topological polar surface area (TPSA) is 77.0 Å². The first-order valence-electron chi connectivity index (χ1n) is 6.78. The largest absolute Gasteiger partial charge is 0.467 e. The maximum absolute atomic E-state index is 11.7. The van der Waals surface area contributed by atoms with Crippen molar-refractivity contribution in [3.63, 3.8) is 0 Å². The van der Waals surface area contributed by atoms with Crippen molar-refractivity contribution in [2.45, 2.75) is 33.1 Å². The highest BCUT2D eigenvalue weighted by atomic mass is 32.1. The summed E-state index contributed by atoms with van der Waals surface area (Å²) in [5.41, 5.74) is 0.914. The molecule has 0 spiro atoms. The second-order valence-corrected chi connectivity index (χ2v) is 5.62. The molecule has 0 atom stereocenters. The number of thiazole rings is 1. The lowest BCUT2D eigenvalue weighted by Crippen LogP contribution is -2.20. The van der Waals surface area contributed by atoms with Gasteiger partial charge in [0.15, 0.2) is 11.7 Å². The summed E-state index contributed by atoms with van der Waals surface area (Å²) in [7, 11) is 0. The lowest BCUT2D eigenvalue weighted by atomic mass is 10.1. The summed E-state index contributed by atoms with van der Waals surface area (Å²) >= 11 is 1.36. The molecule has 6 nitrogen and oxygen atoms in total. The van der Waals surface area contributed by atoms with Gasteiger partial charge in [-0.15, -0.1) is 11.3 Å². The van der Waals surface area contributed by atoms with Crippen molar-refractivity contribution in [1.29, 1.82) is 0 Å². The molecule has 7 heteroatoms. The quantitative estimate of drug-likeness (QED) is 0.887. The maximum atomic E-state index is 11.7. The summed E-state index contributed by atoms with van der Waals surface area (Å²) in [6, 6.07) is 1.78. The Bertz CT molecular complexity index is 599. The van der Waals surface area contributed by atoms with Crippen LogP contribution in [0.15, 0.2) is 17.6 Å². The maximum Gasteiger partial charge on any atom is 0.264 e. The van der Waals surface area contributed by atoms with Crippen LogP contribution in [-0.4, -0.2) is 27.5 Å². The number of anilines is 1. The van der Waals surface area contributed by atoms with Gasteiger partial charge in [0, 0.05) is 24.1 Å². The van der Waals surface area contributed by atoms with Gasteiger partial charge in [0.1, 0.15) is 5.82 Å². The minimum absolute atomic E-state index is 0.0999. The normalized spacial score (nSPS) is 10.7. The average molecular weight is 306 g/mol. The van der Waals surface area contributed by atoms with Crippen LogP contribution in [0.25, 0.3) is 0 Å². The molecular weight excluding hydrogens is 288 g/mol. The number of ether oxygens (including phenoxy) is 1. The van der Waals surface area contributed by atoms with E-state index >= 15 is 0 Å². The van der Waals surface area contributed by atoms with Crippen molar-refractivity contribution in [1.82, 2.24) is 15.0 Å². The van der Waals surface area contributed by atoms with Crippen molar-refractivity contribution >= 4 is 22.4 Å². The minimum Gasteiger partial charge on any atom is -0.467 e. The SMILES string of the molecule is CCc1nc(OCC(=O)Nc2nccs2)cc(C(C)C)n1. The Morgan fingerprint density at radius 2 is 2.24 bits per heavy atom. The Kier molecular flexibility index (Phi) is 5.21. The van der Waals surface area contributed by atoms with E-state index in [1.807, 2.05) is 6.92 Å². The molecule has 2 rings (SSSR count). The summed E-state index contributed by atoms with van der Waals surface area (Å²) in [5.74, 6) is 1.17. The van der Waals surface area contributed by atoms with E-state index in [2.05, 4.69) is 34.1 Å². The average Bonchev–Trinajstić information content (AvgIpc) is 2.97. The molecule has 112 valence electrons. The van der Waals surface area contributed by atoms with E-state index in [1.165, 1.54) is 11.3 Å². The van der Waals surface area contributed by atoms with Gasteiger partial charge in [-0.25, -0.2) is 9.97 Å². The summed E-state index contributed by atoms with van der Waals surface area (Å²) < 4.78 is 5.46. The van der Waals surface area contributed by atoms with Crippen LogP contribution >= 0.6 is 11.3 Å². The van der Waals surface area contributed by atoms with Gasteiger partial charge in [0.05, 0.1) is 5.69 Å². The van der Waals surface area contributed by atoms with Gasteiger partial charge in [-0.05, 0) is 5.92 Å². The van der Waals surface area contributed by atoms with Gasteiger partial charge in [-0.1, -0.05) is 20.8 Å². The van der Waals surface area contributed by atoms with Gasteiger partial charge in [0.2, 0.25) is 5.88 Å². The Labute approximate surface area is 127 Å². The molecule has 0 aliphatic carbocycles. The molecule has 0 saturated heterocycles. The van der Waals surface area contributed by atoms with Crippen molar-refractivity contribution in [2.24, 2.45) is 0 Å². The molecule has 1 N–H and O–H groups in total. The van der Waals surface area contributed by atoms with Crippen molar-refractivity contribution < 1.29 is 9.53 Å². The molecule has 0 radical (unpaired) electrons. The molecule has 0 aliphatic rings. The Morgan fingerprint density at radius 3 is 2.86 bits per heavy atom. The zero-order valence-corrected chi connectivity index (χ0v) is 13.1. The van der Waals surface area contributed by atoms with Crippen LogP contribution in [0, 0.1) is 0 Å². The number of nitrogens with one attached hydrogen (secondary N) is 1. The molecule has 0 aromatic carbocycles. The highest BCUT2D eigenvalue weighted by molar-refractivity contribution is 7.13. The summed E-state index contributed by atoms with van der Waals surface area (Å²) in [6.45, 7) is 6.00. The molecule has 0 unspecified atom stereocenters. The number of aromatic nitrogens is 3. The predicted molar refractivity (Wildman–Crippen MR) is 81.7 cm³/mol. The van der Waals surface area contributed by atoms with E-state index in [1.54, 1.807) is 17.6 Å². The van der Waals surface area contributed by atoms with Crippen LogP contribution in [0.5, 0.6) is 5.88 Å². The van der Waals surface area contributed by atoms with Gasteiger partial charge in [-0.2, -0.15) is 4.98 Å². The highest BCUT2D eigenvalue weighted by Crippen LogP contribution is 2.17. The zero-order valence-electron chi connectivity index (χ0n) is 12.3. The third-order valence-corrected chi connectivity index (χ3v) is 3.39. The molecule has 21 heavy (non-hydrogen) atoms. The number of hydrogen-bond acceptors (Lipinski definition) is 6. The van der Waals surface area contributed by atoms with Gasteiger partial charge in [-0.3, -0.25) is 10.1 Å². The molecule has 0 saturated carbocycles. The van der Waals surface area contributed by atoms with Crippen LogP contribution in [-0.2, 0) is 11.2 Å². The predicted octanol–water partition coefficient (Wildman–Crippen LogP) is 2.64. The van der Waals surface area contributed by atoms with Crippen molar-refractivity contribution in [2.75, 3.05) is 11.9 Å². The summed E-state index contributed by atoms with van der Waals surface area (Å²) in [6.07, 6.45) is 2.36. The second kappa shape index (κ2) is 7.12. The standard InChI is InChI=1S/C14H18N4O2S/c1-4-11-16-10(9(2)3)7-13(17-11)20-8-12(19)18-14-15-5-6-21-14/h5-7,9H,4,8H2,1-3H3,(H,15,18,19). The first kappa shape index (κ1) is 15.4. The number of rotatable bonds is 6. The fraction of sp³-hybridized carbons (Fsp3) is 0.429. The van der Waals surface area contributed by atoms with Gasteiger partial charge < -0.3 is 4.74 Å². The van der Waals surface area contributed by atoms with Crippen molar-refractivity contribution in [3.8, 4) is 5.88 Å². The number of nitrogens with zero attached hydrogens (tertiary/aromatic N) is 3. The first-order chi connectivity index (χ1) is 10.1. The molecule has 2 aromatic rings. The number of carbonyl (C=O) groups excluding carboxylic acids is 1. The van der Waals surface area contributed by atoms with Gasteiger partial charge in [0.25, 0.3) is 5.91 Å². The number of aryl methyl sites for hydroxylation is 1.